The van der Waals surface area contributed by atoms with Crippen LogP contribution in [0.5, 0.6) is 0 Å². The second-order valence-electron chi connectivity index (χ2n) is 7.89. The Labute approximate surface area is 120 Å². The van der Waals surface area contributed by atoms with Gasteiger partial charge < -0.3 is 5.32 Å². The lowest BCUT2D eigenvalue weighted by Gasteiger charge is -2.47. The first-order valence-corrected chi connectivity index (χ1v) is 8.36. The zero-order valence-corrected chi connectivity index (χ0v) is 13.9. The van der Waals surface area contributed by atoms with E-state index in [2.05, 4.69) is 51.8 Å². The van der Waals surface area contributed by atoms with E-state index in [1.54, 1.807) is 0 Å². The third-order valence-corrected chi connectivity index (χ3v) is 5.80. The highest BCUT2D eigenvalue weighted by Gasteiger charge is 2.46. The van der Waals surface area contributed by atoms with Crippen molar-refractivity contribution in [2.24, 2.45) is 17.3 Å². The first kappa shape index (κ1) is 15.3. The average Bonchev–Trinajstić information content (AvgIpc) is 2.61. The summed E-state index contributed by atoms with van der Waals surface area (Å²) in [4.78, 5) is 2.83. The lowest BCUT2D eigenvalue weighted by molar-refractivity contribution is 0.0251. The van der Waals surface area contributed by atoms with E-state index in [0.29, 0.717) is 11.5 Å². The van der Waals surface area contributed by atoms with Crippen molar-refractivity contribution in [3.05, 3.63) is 0 Å². The second kappa shape index (κ2) is 5.73. The highest BCUT2D eigenvalue weighted by Crippen LogP contribution is 2.42. The number of likely N-dealkylation sites (N-methyl/N-ethyl adjacent to an activating group) is 1. The molecule has 1 saturated carbocycles. The van der Waals surface area contributed by atoms with Gasteiger partial charge in [0.05, 0.1) is 0 Å². The molecule has 112 valence electrons. The van der Waals surface area contributed by atoms with Crippen LogP contribution >= 0.6 is 0 Å². The topological polar surface area (TPSA) is 15.3 Å². The van der Waals surface area contributed by atoms with Crippen LogP contribution in [0.1, 0.15) is 60.8 Å². The molecule has 2 aliphatic rings. The quantitative estimate of drug-likeness (QED) is 0.841. The van der Waals surface area contributed by atoms with E-state index in [-0.39, 0.29) is 0 Å². The van der Waals surface area contributed by atoms with Crippen molar-refractivity contribution in [2.45, 2.75) is 78.9 Å². The van der Waals surface area contributed by atoms with Crippen molar-refractivity contribution in [1.82, 2.24) is 10.2 Å². The molecule has 1 aliphatic carbocycles. The summed E-state index contributed by atoms with van der Waals surface area (Å²) in [6.07, 6.45) is 4.13. The third-order valence-electron chi connectivity index (χ3n) is 5.80. The van der Waals surface area contributed by atoms with Crippen molar-refractivity contribution in [3.8, 4) is 0 Å². The number of rotatable bonds is 3. The summed E-state index contributed by atoms with van der Waals surface area (Å²) in [5, 5.41) is 3.79. The summed E-state index contributed by atoms with van der Waals surface area (Å²) in [6.45, 7) is 16.9. The monoisotopic (exact) mass is 266 g/mol. The van der Waals surface area contributed by atoms with Gasteiger partial charge in [-0.1, -0.05) is 34.6 Å². The molecule has 0 amide bonds. The Bertz CT molecular complexity index is 300. The van der Waals surface area contributed by atoms with Crippen LogP contribution in [0.25, 0.3) is 0 Å². The Morgan fingerprint density at radius 2 is 1.89 bits per heavy atom. The SMILES string of the molecule is CCNC1C(N2CC(C)CC(C)C2C)CCC1(C)C. The van der Waals surface area contributed by atoms with Crippen LogP contribution in [0.3, 0.4) is 0 Å². The highest BCUT2D eigenvalue weighted by atomic mass is 15.2. The lowest BCUT2D eigenvalue weighted by Crippen LogP contribution is -2.58. The van der Waals surface area contributed by atoms with E-state index in [0.717, 1.165) is 30.5 Å². The molecule has 19 heavy (non-hydrogen) atoms. The lowest BCUT2D eigenvalue weighted by atomic mass is 9.82. The molecule has 1 N–H and O–H groups in total. The fraction of sp³-hybridized carbons (Fsp3) is 1.00. The highest BCUT2D eigenvalue weighted by molar-refractivity contribution is 5.03. The minimum absolute atomic E-state index is 0.449. The number of likely N-dealkylation sites (tertiary alicyclic amines) is 1. The molecule has 1 saturated heterocycles. The van der Waals surface area contributed by atoms with Crippen molar-refractivity contribution >= 4 is 0 Å². The first-order chi connectivity index (χ1) is 8.86. The third kappa shape index (κ3) is 3.00. The number of piperidine rings is 1. The van der Waals surface area contributed by atoms with Crippen LogP contribution < -0.4 is 5.32 Å². The molecule has 2 heteroatoms. The molecule has 0 aromatic rings. The molecule has 0 aromatic heterocycles. The molecule has 5 unspecified atom stereocenters. The van der Waals surface area contributed by atoms with Gasteiger partial charge in [0.1, 0.15) is 0 Å². The Balaban J connectivity index is 2.15. The van der Waals surface area contributed by atoms with Gasteiger partial charge in [-0.3, -0.25) is 4.90 Å². The Morgan fingerprint density at radius 1 is 1.21 bits per heavy atom. The van der Waals surface area contributed by atoms with Crippen LogP contribution in [0.4, 0.5) is 0 Å². The van der Waals surface area contributed by atoms with Crippen LogP contribution in [0.2, 0.25) is 0 Å². The summed E-state index contributed by atoms with van der Waals surface area (Å²) < 4.78 is 0. The van der Waals surface area contributed by atoms with Crippen molar-refractivity contribution in [2.75, 3.05) is 13.1 Å². The van der Waals surface area contributed by atoms with E-state index in [1.165, 1.54) is 25.8 Å². The fourth-order valence-electron chi connectivity index (χ4n) is 4.55. The van der Waals surface area contributed by atoms with E-state index >= 15 is 0 Å². The van der Waals surface area contributed by atoms with Crippen molar-refractivity contribution in [3.63, 3.8) is 0 Å². The summed E-state index contributed by atoms with van der Waals surface area (Å²) in [6, 6.07) is 2.16. The van der Waals surface area contributed by atoms with Crippen LogP contribution in [0, 0.1) is 17.3 Å². The number of nitrogens with zero attached hydrogens (tertiary/aromatic N) is 1. The largest absolute Gasteiger partial charge is 0.312 e. The van der Waals surface area contributed by atoms with Gasteiger partial charge in [-0.25, -0.2) is 0 Å². The maximum atomic E-state index is 3.79. The van der Waals surface area contributed by atoms with Gasteiger partial charge in [0.25, 0.3) is 0 Å². The molecule has 1 heterocycles. The number of hydrogen-bond acceptors (Lipinski definition) is 2. The number of hydrogen-bond donors (Lipinski definition) is 1. The Morgan fingerprint density at radius 3 is 2.53 bits per heavy atom. The van der Waals surface area contributed by atoms with Gasteiger partial charge in [0.15, 0.2) is 0 Å². The molecule has 0 aromatic carbocycles. The minimum Gasteiger partial charge on any atom is -0.312 e. The Kier molecular flexibility index (Phi) is 4.62. The average molecular weight is 266 g/mol. The summed E-state index contributed by atoms with van der Waals surface area (Å²) in [5.41, 5.74) is 0.449. The van der Waals surface area contributed by atoms with Crippen LogP contribution in [0.15, 0.2) is 0 Å². The fourth-order valence-corrected chi connectivity index (χ4v) is 4.55. The standard InChI is InChI=1S/C17H34N2/c1-7-18-16-15(8-9-17(16,5)6)19-11-12(2)10-13(3)14(19)4/h12-16,18H,7-11H2,1-6H3. The predicted molar refractivity (Wildman–Crippen MR) is 83.4 cm³/mol. The van der Waals surface area contributed by atoms with Gasteiger partial charge in [-0.05, 0) is 50.0 Å². The minimum atomic E-state index is 0.449. The molecule has 1 aliphatic heterocycles. The molecule has 5 atom stereocenters. The molecule has 0 bridgehead atoms. The zero-order chi connectivity index (χ0) is 14.2. The molecule has 2 fully saturated rings. The zero-order valence-electron chi connectivity index (χ0n) is 13.9. The van der Waals surface area contributed by atoms with Gasteiger partial charge in [-0.2, -0.15) is 0 Å². The maximum absolute atomic E-state index is 3.79. The van der Waals surface area contributed by atoms with Gasteiger partial charge >= 0.3 is 0 Å². The van der Waals surface area contributed by atoms with Gasteiger partial charge in [0, 0.05) is 24.7 Å². The van der Waals surface area contributed by atoms with Gasteiger partial charge in [0.2, 0.25) is 0 Å². The second-order valence-corrected chi connectivity index (χ2v) is 7.89. The number of nitrogens with one attached hydrogen (secondary N) is 1. The first-order valence-electron chi connectivity index (χ1n) is 8.36. The summed E-state index contributed by atoms with van der Waals surface area (Å²) in [7, 11) is 0. The van der Waals surface area contributed by atoms with Crippen LogP contribution in [-0.2, 0) is 0 Å². The van der Waals surface area contributed by atoms with E-state index < -0.39 is 0 Å². The normalized spacial score (nSPS) is 43.6. The Hall–Kier alpha value is -0.0800. The predicted octanol–water partition coefficient (Wildman–Crippen LogP) is 3.52. The van der Waals surface area contributed by atoms with E-state index in [9.17, 15) is 0 Å². The van der Waals surface area contributed by atoms with Crippen molar-refractivity contribution in [1.29, 1.82) is 0 Å². The smallest absolute Gasteiger partial charge is 0.0274 e. The molecule has 0 spiro atoms. The van der Waals surface area contributed by atoms with Crippen molar-refractivity contribution < 1.29 is 0 Å². The molecule has 2 nitrogen and oxygen atoms in total. The molecule has 2 rings (SSSR count). The summed E-state index contributed by atoms with van der Waals surface area (Å²) >= 11 is 0. The maximum Gasteiger partial charge on any atom is 0.0274 e. The summed E-state index contributed by atoms with van der Waals surface area (Å²) in [5.74, 6) is 1.70. The van der Waals surface area contributed by atoms with E-state index in [1.807, 2.05) is 0 Å². The van der Waals surface area contributed by atoms with Crippen LogP contribution in [-0.4, -0.2) is 36.1 Å². The molecular weight excluding hydrogens is 232 g/mol. The molecular formula is C17H34N2. The molecule has 0 radical (unpaired) electrons. The van der Waals surface area contributed by atoms with Gasteiger partial charge in [-0.15, -0.1) is 0 Å². The van der Waals surface area contributed by atoms with E-state index in [4.69, 9.17) is 0 Å².